The molecule has 68 valence electrons. The van der Waals surface area contributed by atoms with E-state index in [1.807, 2.05) is 6.92 Å². The van der Waals surface area contributed by atoms with Gasteiger partial charge >= 0.3 is 0 Å². The van der Waals surface area contributed by atoms with Gasteiger partial charge in [0.25, 0.3) is 0 Å². The molecule has 1 saturated heterocycles. The van der Waals surface area contributed by atoms with E-state index in [-0.39, 0.29) is 6.10 Å². The second-order valence-corrected chi connectivity index (χ2v) is 3.77. The van der Waals surface area contributed by atoms with Gasteiger partial charge in [-0.1, -0.05) is 0 Å². The van der Waals surface area contributed by atoms with Gasteiger partial charge in [0.05, 0.1) is 12.1 Å². The van der Waals surface area contributed by atoms with Gasteiger partial charge in [-0.15, -0.1) is 0 Å². The van der Waals surface area contributed by atoms with E-state index in [0.29, 0.717) is 6.04 Å². The number of allylic oxidation sites excluding steroid dienone is 1. The van der Waals surface area contributed by atoms with Crippen LogP contribution in [0.15, 0.2) is 11.9 Å². The van der Waals surface area contributed by atoms with Crippen LogP contribution in [0.25, 0.3) is 0 Å². The lowest BCUT2D eigenvalue weighted by molar-refractivity contribution is 0.0171. The van der Waals surface area contributed by atoms with E-state index >= 15 is 0 Å². The first kappa shape index (κ1) is 7.92. The SMILES string of the molecule is CC1=CN2CCN1C(C(C)O)C2. The zero-order chi connectivity index (χ0) is 8.72. The molecule has 2 atom stereocenters. The van der Waals surface area contributed by atoms with E-state index in [9.17, 15) is 5.11 Å². The van der Waals surface area contributed by atoms with Crippen molar-refractivity contribution in [3.63, 3.8) is 0 Å². The molecule has 1 fully saturated rings. The van der Waals surface area contributed by atoms with Crippen molar-refractivity contribution >= 4 is 0 Å². The molecule has 0 radical (unpaired) electrons. The number of hydrogen-bond acceptors (Lipinski definition) is 3. The third-order valence-electron chi connectivity index (χ3n) is 2.83. The molecule has 1 N–H and O–H groups in total. The fourth-order valence-electron chi connectivity index (χ4n) is 2.14. The molecule has 3 aliphatic heterocycles. The lowest BCUT2D eigenvalue weighted by atomic mass is 10.0. The van der Waals surface area contributed by atoms with Crippen molar-refractivity contribution in [2.75, 3.05) is 19.6 Å². The van der Waals surface area contributed by atoms with Gasteiger partial charge in [-0.05, 0) is 13.8 Å². The van der Waals surface area contributed by atoms with Crippen LogP contribution in [0.3, 0.4) is 0 Å². The predicted molar refractivity (Wildman–Crippen MR) is 47.5 cm³/mol. The fourth-order valence-corrected chi connectivity index (χ4v) is 2.14. The summed E-state index contributed by atoms with van der Waals surface area (Å²) in [6.07, 6.45) is 1.96. The first-order valence-electron chi connectivity index (χ1n) is 4.55. The Hall–Kier alpha value is -0.700. The molecular formula is C9H16N2O. The minimum atomic E-state index is -0.226. The molecule has 3 heterocycles. The molecule has 0 spiro atoms. The van der Waals surface area contributed by atoms with Crippen LogP contribution in [0.5, 0.6) is 0 Å². The Labute approximate surface area is 73.3 Å². The van der Waals surface area contributed by atoms with Crippen LogP contribution in [0.2, 0.25) is 0 Å². The molecule has 0 aromatic carbocycles. The summed E-state index contributed by atoms with van der Waals surface area (Å²) in [5.74, 6) is 0. The first-order valence-corrected chi connectivity index (χ1v) is 4.55. The number of aliphatic hydroxyl groups excluding tert-OH is 1. The minimum absolute atomic E-state index is 0.226. The van der Waals surface area contributed by atoms with Gasteiger partial charge in [-0.25, -0.2) is 0 Å². The Kier molecular flexibility index (Phi) is 1.76. The molecule has 3 aliphatic rings. The topological polar surface area (TPSA) is 26.7 Å². The largest absolute Gasteiger partial charge is 0.391 e. The molecule has 0 saturated carbocycles. The fraction of sp³-hybridized carbons (Fsp3) is 0.778. The summed E-state index contributed by atoms with van der Waals surface area (Å²) in [6, 6.07) is 0.309. The van der Waals surface area contributed by atoms with Gasteiger partial charge in [0.15, 0.2) is 0 Å². The van der Waals surface area contributed by atoms with Crippen LogP contribution in [-0.4, -0.2) is 46.7 Å². The maximum Gasteiger partial charge on any atom is 0.0732 e. The van der Waals surface area contributed by atoms with Crippen molar-refractivity contribution in [3.8, 4) is 0 Å². The molecule has 0 aromatic rings. The molecule has 2 bridgehead atoms. The van der Waals surface area contributed by atoms with E-state index in [4.69, 9.17) is 0 Å². The third-order valence-corrected chi connectivity index (χ3v) is 2.83. The number of nitrogens with zero attached hydrogens (tertiary/aromatic N) is 2. The number of hydrogen-bond donors (Lipinski definition) is 1. The quantitative estimate of drug-likeness (QED) is 0.607. The van der Waals surface area contributed by atoms with Crippen LogP contribution in [0.1, 0.15) is 13.8 Å². The third kappa shape index (κ3) is 1.08. The first-order chi connectivity index (χ1) is 5.68. The van der Waals surface area contributed by atoms with Crippen LogP contribution in [0, 0.1) is 0 Å². The van der Waals surface area contributed by atoms with E-state index in [1.165, 1.54) is 5.70 Å². The van der Waals surface area contributed by atoms with Crippen LogP contribution >= 0.6 is 0 Å². The van der Waals surface area contributed by atoms with E-state index < -0.39 is 0 Å². The summed E-state index contributed by atoms with van der Waals surface area (Å²) in [6.45, 7) is 7.15. The second-order valence-electron chi connectivity index (χ2n) is 3.77. The van der Waals surface area contributed by atoms with Crippen LogP contribution < -0.4 is 0 Å². The Morgan fingerprint density at radius 2 is 2.33 bits per heavy atom. The zero-order valence-electron chi connectivity index (χ0n) is 7.70. The smallest absolute Gasteiger partial charge is 0.0732 e. The summed E-state index contributed by atoms with van der Waals surface area (Å²) in [4.78, 5) is 4.61. The molecular weight excluding hydrogens is 152 g/mol. The highest BCUT2D eigenvalue weighted by molar-refractivity contribution is 5.10. The lowest BCUT2D eigenvalue weighted by Crippen LogP contribution is -2.58. The maximum absolute atomic E-state index is 9.52. The second kappa shape index (κ2) is 2.66. The van der Waals surface area contributed by atoms with Crippen molar-refractivity contribution < 1.29 is 5.11 Å². The van der Waals surface area contributed by atoms with Gasteiger partial charge in [0.2, 0.25) is 0 Å². The molecule has 3 nitrogen and oxygen atoms in total. The van der Waals surface area contributed by atoms with Gasteiger partial charge < -0.3 is 14.9 Å². The zero-order valence-corrected chi connectivity index (χ0v) is 7.70. The van der Waals surface area contributed by atoms with Crippen molar-refractivity contribution in [1.29, 1.82) is 0 Å². The van der Waals surface area contributed by atoms with E-state index in [2.05, 4.69) is 22.9 Å². The Morgan fingerprint density at radius 1 is 1.58 bits per heavy atom. The van der Waals surface area contributed by atoms with Gasteiger partial charge in [0, 0.05) is 31.5 Å². The molecule has 3 heteroatoms. The van der Waals surface area contributed by atoms with Crippen molar-refractivity contribution in [1.82, 2.24) is 9.80 Å². The molecule has 0 aromatic heterocycles. The van der Waals surface area contributed by atoms with Crippen molar-refractivity contribution in [2.24, 2.45) is 0 Å². The highest BCUT2D eigenvalue weighted by Gasteiger charge is 2.33. The average Bonchev–Trinajstić information content (AvgIpc) is 2.04. The number of piperazine rings is 1. The number of fused-ring (bicyclic) bond motifs is 2. The van der Waals surface area contributed by atoms with Crippen LogP contribution in [-0.2, 0) is 0 Å². The molecule has 0 aliphatic carbocycles. The Morgan fingerprint density at radius 3 is 2.75 bits per heavy atom. The van der Waals surface area contributed by atoms with Crippen molar-refractivity contribution in [3.05, 3.63) is 11.9 Å². The summed E-state index contributed by atoms with van der Waals surface area (Å²) < 4.78 is 0. The van der Waals surface area contributed by atoms with Crippen molar-refractivity contribution in [2.45, 2.75) is 26.0 Å². The van der Waals surface area contributed by atoms with Gasteiger partial charge in [-0.2, -0.15) is 0 Å². The Bertz CT molecular complexity index is 213. The standard InChI is InChI=1S/C9H16N2O/c1-7-5-10-3-4-11(7)9(6-10)8(2)12/h5,8-9,12H,3-4,6H2,1-2H3. The molecule has 3 rings (SSSR count). The number of aliphatic hydroxyl groups is 1. The van der Waals surface area contributed by atoms with Crippen LogP contribution in [0.4, 0.5) is 0 Å². The predicted octanol–water partition coefficient (Wildman–Crippen LogP) is 0.228. The molecule has 0 amide bonds. The monoisotopic (exact) mass is 168 g/mol. The number of rotatable bonds is 1. The lowest BCUT2D eigenvalue weighted by Gasteiger charge is -2.49. The molecule has 12 heavy (non-hydrogen) atoms. The Balaban J connectivity index is 2.19. The summed E-state index contributed by atoms with van der Waals surface area (Å²) in [5, 5.41) is 9.52. The summed E-state index contributed by atoms with van der Waals surface area (Å²) >= 11 is 0. The highest BCUT2D eigenvalue weighted by Crippen LogP contribution is 2.24. The normalized spacial score (nSPS) is 30.6. The van der Waals surface area contributed by atoms with E-state index in [1.54, 1.807) is 0 Å². The van der Waals surface area contributed by atoms with Gasteiger partial charge in [0.1, 0.15) is 0 Å². The average molecular weight is 168 g/mol. The summed E-state index contributed by atoms with van der Waals surface area (Å²) in [5.41, 5.74) is 1.29. The summed E-state index contributed by atoms with van der Waals surface area (Å²) in [7, 11) is 0. The maximum atomic E-state index is 9.52. The highest BCUT2D eigenvalue weighted by atomic mass is 16.3. The minimum Gasteiger partial charge on any atom is -0.391 e. The van der Waals surface area contributed by atoms with E-state index in [0.717, 1.165) is 19.6 Å². The molecule has 2 unspecified atom stereocenters. The van der Waals surface area contributed by atoms with Gasteiger partial charge in [-0.3, -0.25) is 0 Å².